The molecule has 4 nitrogen and oxygen atoms in total. The highest BCUT2D eigenvalue weighted by Gasteiger charge is 2.52. The van der Waals surface area contributed by atoms with Crippen molar-refractivity contribution in [2.24, 2.45) is 5.41 Å². The van der Waals surface area contributed by atoms with Gasteiger partial charge in [0.05, 0.1) is 11.1 Å². The Morgan fingerprint density at radius 3 is 2.55 bits per heavy atom. The molecule has 1 spiro atoms. The van der Waals surface area contributed by atoms with Gasteiger partial charge in [-0.25, -0.2) is 9.29 Å². The predicted molar refractivity (Wildman–Crippen MR) is 75.3 cm³/mol. The molecule has 6 heteroatoms. The van der Waals surface area contributed by atoms with Crippen LogP contribution in [0.2, 0.25) is 0 Å². The number of carbonyl (C=O) groups is 2. The fourth-order valence-electron chi connectivity index (χ4n) is 2.97. The maximum Gasteiger partial charge on any atom is 0.240 e. The van der Waals surface area contributed by atoms with Crippen molar-refractivity contribution in [3.8, 4) is 0 Å². The maximum absolute atomic E-state index is 13.2. The van der Waals surface area contributed by atoms with E-state index in [1.54, 1.807) is 6.07 Å². The molecule has 3 rings (SSSR count). The summed E-state index contributed by atoms with van der Waals surface area (Å²) >= 11 is 0. The lowest BCUT2D eigenvalue weighted by Crippen LogP contribution is -2.42. The Kier molecular flexibility index (Phi) is 4.11. The van der Waals surface area contributed by atoms with Crippen LogP contribution in [0.1, 0.15) is 19.3 Å². The lowest BCUT2D eigenvalue weighted by Gasteiger charge is -2.31. The summed E-state index contributed by atoms with van der Waals surface area (Å²) < 4.78 is 13.2. The second-order valence-corrected chi connectivity index (χ2v) is 5.22. The van der Waals surface area contributed by atoms with Crippen LogP contribution >= 0.6 is 12.4 Å². The van der Waals surface area contributed by atoms with Crippen LogP contribution in [0.15, 0.2) is 24.3 Å². The number of nitrogens with zero attached hydrogens (tertiary/aromatic N) is 1. The monoisotopic (exact) mass is 298 g/mol. The second-order valence-electron chi connectivity index (χ2n) is 5.22. The van der Waals surface area contributed by atoms with Crippen molar-refractivity contribution < 1.29 is 14.0 Å². The number of amides is 2. The average molecular weight is 299 g/mol. The Bertz CT molecular complexity index is 544. The molecular weight excluding hydrogens is 283 g/mol. The third-order valence-electron chi connectivity index (χ3n) is 4.02. The van der Waals surface area contributed by atoms with Crippen molar-refractivity contribution in [3.63, 3.8) is 0 Å². The van der Waals surface area contributed by atoms with E-state index in [2.05, 4.69) is 5.32 Å². The highest BCUT2D eigenvalue weighted by Crippen LogP contribution is 2.42. The van der Waals surface area contributed by atoms with E-state index >= 15 is 0 Å². The number of halogens is 2. The molecule has 2 saturated heterocycles. The topological polar surface area (TPSA) is 49.4 Å². The summed E-state index contributed by atoms with van der Waals surface area (Å²) in [6.45, 7) is 1.49. The molecule has 0 atom stereocenters. The van der Waals surface area contributed by atoms with Crippen molar-refractivity contribution >= 4 is 29.9 Å². The van der Waals surface area contributed by atoms with Crippen LogP contribution in [-0.4, -0.2) is 24.9 Å². The molecule has 2 amide bonds. The molecule has 1 aromatic rings. The van der Waals surface area contributed by atoms with Crippen LogP contribution in [-0.2, 0) is 9.59 Å². The second kappa shape index (κ2) is 5.50. The lowest BCUT2D eigenvalue weighted by molar-refractivity contribution is -0.126. The summed E-state index contributed by atoms with van der Waals surface area (Å²) in [5.74, 6) is -0.841. The van der Waals surface area contributed by atoms with Crippen molar-refractivity contribution in [1.29, 1.82) is 0 Å². The minimum atomic E-state index is -0.575. The third kappa shape index (κ3) is 2.31. The highest BCUT2D eigenvalue weighted by atomic mass is 35.5. The minimum Gasteiger partial charge on any atom is -0.317 e. The molecule has 0 saturated carbocycles. The number of hydrogen-bond acceptors (Lipinski definition) is 3. The number of benzene rings is 1. The zero-order valence-electron chi connectivity index (χ0n) is 10.9. The molecule has 2 aliphatic rings. The number of hydrogen-bond donors (Lipinski definition) is 1. The van der Waals surface area contributed by atoms with E-state index in [0.29, 0.717) is 18.5 Å². The molecule has 20 heavy (non-hydrogen) atoms. The zero-order valence-corrected chi connectivity index (χ0v) is 11.7. The number of carbonyl (C=O) groups excluding carboxylic acids is 2. The van der Waals surface area contributed by atoms with E-state index < -0.39 is 11.2 Å². The predicted octanol–water partition coefficient (Wildman–Crippen LogP) is 1.88. The van der Waals surface area contributed by atoms with Gasteiger partial charge in [0, 0.05) is 6.42 Å². The van der Waals surface area contributed by atoms with Gasteiger partial charge in [0.2, 0.25) is 11.8 Å². The minimum absolute atomic E-state index is 0. The smallest absolute Gasteiger partial charge is 0.240 e. The van der Waals surface area contributed by atoms with Gasteiger partial charge in [0.1, 0.15) is 5.82 Å². The standard InChI is InChI=1S/C14H15FN2O2.ClH/c15-10-2-1-3-11(8-10)17-12(18)9-14(13(17)19)4-6-16-7-5-14;/h1-3,8,16H,4-7,9H2;1H. The van der Waals surface area contributed by atoms with Crippen molar-refractivity contribution in [2.75, 3.05) is 18.0 Å². The van der Waals surface area contributed by atoms with E-state index in [1.807, 2.05) is 0 Å². The van der Waals surface area contributed by atoms with E-state index in [0.717, 1.165) is 18.0 Å². The van der Waals surface area contributed by atoms with Gasteiger partial charge >= 0.3 is 0 Å². The highest BCUT2D eigenvalue weighted by molar-refractivity contribution is 6.22. The third-order valence-corrected chi connectivity index (χ3v) is 4.02. The molecular formula is C14H16ClFN2O2. The Hall–Kier alpha value is -1.46. The van der Waals surface area contributed by atoms with E-state index in [-0.39, 0.29) is 30.6 Å². The number of nitrogens with one attached hydrogen (secondary N) is 1. The molecule has 1 aromatic carbocycles. The Morgan fingerprint density at radius 2 is 1.90 bits per heavy atom. The lowest BCUT2D eigenvalue weighted by atomic mass is 9.77. The summed E-state index contributed by atoms with van der Waals surface area (Å²) in [7, 11) is 0. The van der Waals surface area contributed by atoms with Crippen LogP contribution in [0.5, 0.6) is 0 Å². The Morgan fingerprint density at radius 1 is 1.20 bits per heavy atom. The summed E-state index contributed by atoms with van der Waals surface area (Å²) in [6.07, 6.45) is 1.58. The van der Waals surface area contributed by atoms with Crippen LogP contribution in [0.25, 0.3) is 0 Å². The summed E-state index contributed by atoms with van der Waals surface area (Å²) in [4.78, 5) is 25.8. The normalized spacial score (nSPS) is 21.1. The Labute approximate surface area is 122 Å². The molecule has 1 N–H and O–H groups in total. The molecule has 2 heterocycles. The van der Waals surface area contributed by atoms with Gasteiger partial charge < -0.3 is 5.32 Å². The molecule has 2 fully saturated rings. The van der Waals surface area contributed by atoms with Gasteiger partial charge in [-0.3, -0.25) is 9.59 Å². The summed E-state index contributed by atoms with van der Waals surface area (Å²) in [5.41, 5.74) is -0.236. The van der Waals surface area contributed by atoms with Crippen LogP contribution in [0.3, 0.4) is 0 Å². The van der Waals surface area contributed by atoms with Gasteiger partial charge in [0.25, 0.3) is 0 Å². The molecule has 0 radical (unpaired) electrons. The molecule has 2 aliphatic heterocycles. The zero-order chi connectivity index (χ0) is 13.5. The first kappa shape index (κ1) is 14.9. The first-order chi connectivity index (χ1) is 9.12. The van der Waals surface area contributed by atoms with Gasteiger partial charge in [-0.2, -0.15) is 0 Å². The van der Waals surface area contributed by atoms with Crippen molar-refractivity contribution in [1.82, 2.24) is 5.32 Å². The Balaban J connectivity index is 0.00000147. The largest absolute Gasteiger partial charge is 0.317 e. The maximum atomic E-state index is 13.2. The average Bonchev–Trinajstić information content (AvgIpc) is 2.62. The van der Waals surface area contributed by atoms with Gasteiger partial charge in [0.15, 0.2) is 0 Å². The molecule has 0 aromatic heterocycles. The van der Waals surface area contributed by atoms with Crippen LogP contribution in [0, 0.1) is 11.2 Å². The van der Waals surface area contributed by atoms with Gasteiger partial charge in [-0.05, 0) is 44.1 Å². The number of piperidine rings is 1. The fraction of sp³-hybridized carbons (Fsp3) is 0.429. The van der Waals surface area contributed by atoms with Crippen molar-refractivity contribution in [2.45, 2.75) is 19.3 Å². The summed E-state index contributed by atoms with van der Waals surface area (Å²) in [6, 6.07) is 5.64. The first-order valence-corrected chi connectivity index (χ1v) is 6.46. The number of imide groups is 1. The molecule has 0 bridgehead atoms. The van der Waals surface area contributed by atoms with Gasteiger partial charge in [-0.1, -0.05) is 6.07 Å². The van der Waals surface area contributed by atoms with Crippen molar-refractivity contribution in [3.05, 3.63) is 30.1 Å². The number of anilines is 1. The SMILES string of the molecule is Cl.O=C1CC2(CCNCC2)C(=O)N1c1cccc(F)c1. The molecule has 0 aliphatic carbocycles. The van der Waals surface area contributed by atoms with Crippen LogP contribution < -0.4 is 10.2 Å². The fourth-order valence-corrected chi connectivity index (χ4v) is 2.97. The molecule has 108 valence electrons. The molecule has 0 unspecified atom stereocenters. The first-order valence-electron chi connectivity index (χ1n) is 6.46. The van der Waals surface area contributed by atoms with E-state index in [9.17, 15) is 14.0 Å². The van der Waals surface area contributed by atoms with Gasteiger partial charge in [-0.15, -0.1) is 12.4 Å². The van der Waals surface area contributed by atoms with Crippen LogP contribution in [0.4, 0.5) is 10.1 Å². The summed E-state index contributed by atoms with van der Waals surface area (Å²) in [5, 5.41) is 3.19. The quantitative estimate of drug-likeness (QED) is 0.806. The number of rotatable bonds is 1. The van der Waals surface area contributed by atoms with E-state index in [1.165, 1.54) is 18.2 Å². The van der Waals surface area contributed by atoms with E-state index in [4.69, 9.17) is 0 Å².